The number of amides is 1. The average Bonchev–Trinajstić information content (AvgIpc) is 3.14. The molecule has 0 spiro atoms. The highest BCUT2D eigenvalue weighted by Crippen LogP contribution is 2.25. The fourth-order valence-corrected chi connectivity index (χ4v) is 4.25. The zero-order valence-corrected chi connectivity index (χ0v) is 15.1. The number of rotatable bonds is 5. The number of nitrogens with zero attached hydrogens (tertiary/aromatic N) is 2. The zero-order chi connectivity index (χ0) is 16.2. The molecule has 1 amide bonds. The maximum absolute atomic E-state index is 12.1. The second-order valence-corrected chi connectivity index (χ2v) is 8.07. The van der Waals surface area contributed by atoms with Gasteiger partial charge in [0.1, 0.15) is 0 Å². The molecule has 4 nitrogen and oxygen atoms in total. The summed E-state index contributed by atoms with van der Waals surface area (Å²) in [6.45, 7) is 3.93. The lowest BCUT2D eigenvalue weighted by Gasteiger charge is -2.06. The number of hydrogen-bond acceptors (Lipinski definition) is 6. The molecule has 0 aliphatic rings. The van der Waals surface area contributed by atoms with E-state index in [4.69, 9.17) is 0 Å². The molecule has 3 aromatic rings. The van der Waals surface area contributed by atoms with Crippen LogP contribution in [0, 0.1) is 13.8 Å². The molecule has 0 saturated heterocycles. The minimum atomic E-state index is -0.0329. The van der Waals surface area contributed by atoms with Gasteiger partial charge >= 0.3 is 0 Å². The van der Waals surface area contributed by atoms with E-state index in [1.54, 1.807) is 22.7 Å². The Morgan fingerprint density at radius 1 is 1.22 bits per heavy atom. The molecule has 0 fully saturated rings. The van der Waals surface area contributed by atoms with Crippen LogP contribution in [-0.4, -0.2) is 21.6 Å². The lowest BCUT2D eigenvalue weighted by Crippen LogP contribution is -2.13. The van der Waals surface area contributed by atoms with Crippen molar-refractivity contribution in [3.05, 3.63) is 45.7 Å². The van der Waals surface area contributed by atoms with Gasteiger partial charge in [-0.25, -0.2) is 9.97 Å². The average molecular weight is 362 g/mol. The molecule has 1 aromatic carbocycles. The first-order valence-corrected chi connectivity index (χ1v) is 9.72. The van der Waals surface area contributed by atoms with Crippen LogP contribution in [0.15, 0.2) is 39.4 Å². The van der Waals surface area contributed by atoms with E-state index in [0.717, 1.165) is 32.0 Å². The highest BCUT2D eigenvalue weighted by molar-refractivity contribution is 8.01. The Hall–Kier alpha value is -1.70. The first-order chi connectivity index (χ1) is 11.1. The summed E-state index contributed by atoms with van der Waals surface area (Å²) >= 11 is 4.64. The standard InChI is InChI=1S/C16H15N3OS3/c1-10-7-22-16(17-10)23-9-15(20)19-13-5-3-4-12(6-13)14-8-21-11(2)18-14/h3-8H,9H2,1-2H3,(H,19,20). The normalized spacial score (nSPS) is 10.7. The molecule has 0 unspecified atom stereocenters. The van der Waals surface area contributed by atoms with Crippen molar-refractivity contribution in [3.63, 3.8) is 0 Å². The van der Waals surface area contributed by atoms with E-state index >= 15 is 0 Å². The Labute approximate surface area is 147 Å². The lowest BCUT2D eigenvalue weighted by atomic mass is 10.1. The SMILES string of the molecule is Cc1csc(SCC(=O)Nc2cccc(-c3csc(C)n3)c2)n1. The molecular formula is C16H15N3OS3. The second kappa shape index (κ2) is 7.25. The molecule has 2 heterocycles. The van der Waals surface area contributed by atoms with Gasteiger partial charge in [-0.1, -0.05) is 23.9 Å². The number of benzene rings is 1. The van der Waals surface area contributed by atoms with Gasteiger partial charge in [-0.3, -0.25) is 4.79 Å². The third-order valence-corrected chi connectivity index (χ3v) is 5.90. The van der Waals surface area contributed by atoms with Crippen molar-refractivity contribution in [2.24, 2.45) is 0 Å². The summed E-state index contributed by atoms with van der Waals surface area (Å²) in [5.74, 6) is 0.321. The van der Waals surface area contributed by atoms with Crippen LogP contribution in [0.25, 0.3) is 11.3 Å². The van der Waals surface area contributed by atoms with Crippen molar-refractivity contribution in [2.75, 3.05) is 11.1 Å². The van der Waals surface area contributed by atoms with Crippen molar-refractivity contribution in [3.8, 4) is 11.3 Å². The van der Waals surface area contributed by atoms with Gasteiger partial charge in [-0.05, 0) is 26.0 Å². The quantitative estimate of drug-likeness (QED) is 0.674. The molecule has 0 radical (unpaired) electrons. The van der Waals surface area contributed by atoms with Gasteiger partial charge in [0.15, 0.2) is 4.34 Å². The zero-order valence-electron chi connectivity index (χ0n) is 12.7. The van der Waals surface area contributed by atoms with Gasteiger partial charge in [0.25, 0.3) is 0 Å². The highest BCUT2D eigenvalue weighted by atomic mass is 32.2. The minimum Gasteiger partial charge on any atom is -0.325 e. The van der Waals surface area contributed by atoms with Gasteiger partial charge in [0.2, 0.25) is 5.91 Å². The van der Waals surface area contributed by atoms with Crippen molar-refractivity contribution in [1.29, 1.82) is 0 Å². The van der Waals surface area contributed by atoms with E-state index < -0.39 is 0 Å². The summed E-state index contributed by atoms with van der Waals surface area (Å²) < 4.78 is 0.921. The number of carbonyl (C=O) groups excluding carboxylic acids is 1. The first kappa shape index (κ1) is 16.2. The number of aryl methyl sites for hydroxylation is 2. The molecule has 7 heteroatoms. The van der Waals surface area contributed by atoms with Crippen LogP contribution in [0.5, 0.6) is 0 Å². The van der Waals surface area contributed by atoms with Crippen LogP contribution in [0.3, 0.4) is 0 Å². The summed E-state index contributed by atoms with van der Waals surface area (Å²) in [6.07, 6.45) is 0. The molecule has 0 atom stereocenters. The summed E-state index contributed by atoms with van der Waals surface area (Å²) in [4.78, 5) is 20.9. The number of thiazole rings is 2. The topological polar surface area (TPSA) is 54.9 Å². The van der Waals surface area contributed by atoms with Crippen LogP contribution < -0.4 is 5.32 Å². The Morgan fingerprint density at radius 2 is 2.09 bits per heavy atom. The summed E-state index contributed by atoms with van der Waals surface area (Å²) in [7, 11) is 0. The van der Waals surface area contributed by atoms with Crippen molar-refractivity contribution in [1.82, 2.24) is 9.97 Å². The summed E-state index contributed by atoms with van der Waals surface area (Å²) in [6, 6.07) is 7.76. The summed E-state index contributed by atoms with van der Waals surface area (Å²) in [5.41, 5.74) is 3.73. The maximum atomic E-state index is 12.1. The van der Waals surface area contributed by atoms with Gasteiger partial charge in [-0.15, -0.1) is 22.7 Å². The maximum Gasteiger partial charge on any atom is 0.234 e. The van der Waals surface area contributed by atoms with E-state index in [2.05, 4.69) is 15.3 Å². The molecule has 0 saturated carbocycles. The molecule has 0 bridgehead atoms. The fraction of sp³-hybridized carbons (Fsp3) is 0.188. The number of hydrogen-bond donors (Lipinski definition) is 1. The predicted octanol–water partition coefficient (Wildman–Crippen LogP) is 4.61. The summed E-state index contributed by atoms with van der Waals surface area (Å²) in [5, 5.41) is 7.97. The number of nitrogens with one attached hydrogen (secondary N) is 1. The van der Waals surface area contributed by atoms with Gasteiger partial charge in [0.05, 0.1) is 16.5 Å². The van der Waals surface area contributed by atoms with Crippen molar-refractivity contribution < 1.29 is 4.79 Å². The molecular weight excluding hydrogens is 346 g/mol. The second-order valence-electron chi connectivity index (χ2n) is 4.92. The number of thioether (sulfide) groups is 1. The Morgan fingerprint density at radius 3 is 2.78 bits per heavy atom. The Bertz CT molecular complexity index is 825. The molecule has 0 aliphatic carbocycles. The largest absolute Gasteiger partial charge is 0.325 e. The van der Waals surface area contributed by atoms with Crippen LogP contribution in [0.2, 0.25) is 0 Å². The van der Waals surface area contributed by atoms with Crippen LogP contribution in [0.1, 0.15) is 10.7 Å². The Balaban J connectivity index is 1.62. The fourth-order valence-electron chi connectivity index (χ4n) is 1.98. The molecule has 3 rings (SSSR count). The van der Waals surface area contributed by atoms with E-state index in [1.165, 1.54) is 11.8 Å². The monoisotopic (exact) mass is 361 g/mol. The number of carbonyl (C=O) groups is 1. The van der Waals surface area contributed by atoms with Crippen LogP contribution in [-0.2, 0) is 4.79 Å². The third-order valence-electron chi connectivity index (χ3n) is 2.99. The molecule has 2 aromatic heterocycles. The van der Waals surface area contributed by atoms with Gasteiger partial charge < -0.3 is 5.32 Å². The van der Waals surface area contributed by atoms with Gasteiger partial charge in [-0.2, -0.15) is 0 Å². The highest BCUT2D eigenvalue weighted by Gasteiger charge is 2.08. The molecule has 0 aliphatic heterocycles. The molecule has 1 N–H and O–H groups in total. The van der Waals surface area contributed by atoms with E-state index in [9.17, 15) is 4.79 Å². The van der Waals surface area contributed by atoms with E-state index in [0.29, 0.717) is 5.75 Å². The minimum absolute atomic E-state index is 0.0329. The smallest absolute Gasteiger partial charge is 0.234 e. The number of anilines is 1. The lowest BCUT2D eigenvalue weighted by molar-refractivity contribution is -0.113. The third kappa shape index (κ3) is 4.40. The van der Waals surface area contributed by atoms with Crippen molar-refractivity contribution in [2.45, 2.75) is 18.2 Å². The predicted molar refractivity (Wildman–Crippen MR) is 98.5 cm³/mol. The number of aromatic nitrogens is 2. The molecule has 23 heavy (non-hydrogen) atoms. The van der Waals surface area contributed by atoms with Crippen LogP contribution >= 0.6 is 34.4 Å². The molecule has 118 valence electrons. The Kier molecular flexibility index (Phi) is 5.09. The van der Waals surface area contributed by atoms with E-state index in [-0.39, 0.29) is 5.91 Å². The van der Waals surface area contributed by atoms with Crippen LogP contribution in [0.4, 0.5) is 5.69 Å². The van der Waals surface area contributed by atoms with Gasteiger partial charge in [0, 0.05) is 27.7 Å². The van der Waals surface area contributed by atoms with Crippen molar-refractivity contribution >= 4 is 46.0 Å². The first-order valence-electron chi connectivity index (χ1n) is 6.97. The van der Waals surface area contributed by atoms with E-state index in [1.807, 2.05) is 48.9 Å².